The second-order valence-corrected chi connectivity index (χ2v) is 5.14. The number of rotatable bonds is 0. The molecule has 0 aliphatic rings. The second-order valence-electron chi connectivity index (χ2n) is 5.14. The molecule has 0 N–H and O–H groups in total. The Kier molecular flexibility index (Phi) is 3.17. The van der Waals surface area contributed by atoms with Gasteiger partial charge in [0, 0.05) is 10.8 Å². The van der Waals surface area contributed by atoms with Crippen LogP contribution in [0.25, 0.3) is 37.7 Å². The third-order valence-electron chi connectivity index (χ3n) is 3.74. The number of hydrogen-bond acceptors (Lipinski definition) is 5. The highest BCUT2D eigenvalue weighted by Crippen LogP contribution is 2.35. The molecule has 0 radical (unpaired) electrons. The molecule has 124 valence electrons. The van der Waals surface area contributed by atoms with E-state index in [2.05, 4.69) is 24.8 Å². The fourth-order valence-electron chi connectivity index (χ4n) is 2.66. The number of fused-ring (bicyclic) bond motifs is 6. The number of nitriles is 1. The van der Waals surface area contributed by atoms with E-state index >= 15 is 0 Å². The van der Waals surface area contributed by atoms with Gasteiger partial charge in [-0.05, 0) is 12.1 Å². The average molecular weight is 354 g/mol. The lowest BCUT2D eigenvalue weighted by molar-refractivity contribution is 0.457. The van der Waals surface area contributed by atoms with Gasteiger partial charge >= 0.3 is 0 Å². The van der Waals surface area contributed by atoms with Crippen LogP contribution < -0.4 is 0 Å². The first-order valence-corrected chi connectivity index (χ1v) is 6.87. The van der Waals surface area contributed by atoms with Crippen molar-refractivity contribution in [3.63, 3.8) is 0 Å². The van der Waals surface area contributed by atoms with Crippen LogP contribution in [0.15, 0.2) is 12.1 Å². The summed E-state index contributed by atoms with van der Waals surface area (Å²) in [7, 11) is 0. The molecule has 0 saturated heterocycles. The Balaban J connectivity index is 2.40. The van der Waals surface area contributed by atoms with Gasteiger partial charge in [0.05, 0.1) is 18.2 Å². The molecule has 10 heteroatoms. The maximum atomic E-state index is 13.6. The lowest BCUT2D eigenvalue weighted by Crippen LogP contribution is -2.02. The van der Waals surface area contributed by atoms with Crippen LogP contribution in [0.1, 0.15) is 5.56 Å². The van der Waals surface area contributed by atoms with Gasteiger partial charge in [0.2, 0.25) is 5.69 Å². The first-order chi connectivity index (χ1) is 12.4. The fourth-order valence-corrected chi connectivity index (χ4v) is 2.66. The smallest absolute Gasteiger partial charge is 0.237 e. The van der Waals surface area contributed by atoms with Crippen molar-refractivity contribution in [2.45, 2.75) is 0 Å². The zero-order valence-corrected chi connectivity index (χ0v) is 12.3. The van der Waals surface area contributed by atoms with Gasteiger partial charge in [-0.1, -0.05) is 0 Å². The molecule has 4 aromatic rings. The standard InChI is InChI=1S/C16H2F4N6/c1-22-8-3-7-6(2-5(8)4-21)9-11(25-15(19)13(17)23-9)12-10(7)24-14(18)16(20)26-12/h2-3H. The maximum absolute atomic E-state index is 13.6. The molecule has 0 atom stereocenters. The highest BCUT2D eigenvalue weighted by molar-refractivity contribution is 6.21. The van der Waals surface area contributed by atoms with E-state index in [1.165, 1.54) is 12.1 Å². The van der Waals surface area contributed by atoms with Crippen molar-refractivity contribution in [2.75, 3.05) is 0 Å². The summed E-state index contributed by atoms with van der Waals surface area (Å²) in [5, 5.41) is 9.32. The van der Waals surface area contributed by atoms with Gasteiger partial charge in [-0.3, -0.25) is 0 Å². The minimum absolute atomic E-state index is 0.0600. The largest absolute Gasteiger partial charge is 0.269 e. The van der Waals surface area contributed by atoms with Gasteiger partial charge in [0.15, 0.2) is 0 Å². The van der Waals surface area contributed by atoms with E-state index < -0.39 is 23.8 Å². The normalized spacial score (nSPS) is 11.0. The molecule has 4 rings (SSSR count). The van der Waals surface area contributed by atoms with Gasteiger partial charge < -0.3 is 0 Å². The zero-order valence-electron chi connectivity index (χ0n) is 12.3. The monoisotopic (exact) mass is 354 g/mol. The lowest BCUT2D eigenvalue weighted by atomic mass is 10.0. The number of nitrogens with zero attached hydrogens (tertiary/aromatic N) is 6. The predicted octanol–water partition coefficient (Wildman–Crippen LogP) is 3.71. The van der Waals surface area contributed by atoms with Crippen LogP contribution in [-0.2, 0) is 0 Å². The van der Waals surface area contributed by atoms with Crippen molar-refractivity contribution >= 4 is 38.5 Å². The molecule has 2 heterocycles. The highest BCUT2D eigenvalue weighted by Gasteiger charge is 2.21. The summed E-state index contributed by atoms with van der Waals surface area (Å²) in [6.45, 7) is 7.14. The van der Waals surface area contributed by atoms with Crippen molar-refractivity contribution in [3.05, 3.63) is 52.9 Å². The summed E-state index contributed by atoms with van der Waals surface area (Å²) < 4.78 is 54.4. The van der Waals surface area contributed by atoms with Gasteiger partial charge in [-0.15, -0.1) is 0 Å². The van der Waals surface area contributed by atoms with Crippen LogP contribution >= 0.6 is 0 Å². The van der Waals surface area contributed by atoms with Gasteiger partial charge in [-0.2, -0.15) is 22.8 Å². The SMILES string of the molecule is [C-]#[N+]c1cc2c(cc1C#N)c1nc(F)c(F)nc1c1nc(F)c(F)nc21. The number of aromatic nitrogens is 4. The van der Waals surface area contributed by atoms with Gasteiger partial charge in [-0.25, -0.2) is 24.8 Å². The zero-order chi connectivity index (χ0) is 18.6. The predicted molar refractivity (Wildman–Crippen MR) is 80.9 cm³/mol. The first kappa shape index (κ1) is 15.6. The van der Waals surface area contributed by atoms with Crippen LogP contribution in [0.5, 0.6) is 0 Å². The van der Waals surface area contributed by atoms with Crippen LogP contribution in [0.2, 0.25) is 0 Å². The number of benzene rings is 2. The van der Waals surface area contributed by atoms with Crippen LogP contribution in [0.4, 0.5) is 23.2 Å². The van der Waals surface area contributed by atoms with Crippen molar-refractivity contribution in [3.8, 4) is 6.07 Å². The Hall–Kier alpha value is -3.92. The van der Waals surface area contributed by atoms with Gasteiger partial charge in [0.1, 0.15) is 22.1 Å². The molecular weight excluding hydrogens is 352 g/mol. The van der Waals surface area contributed by atoms with Gasteiger partial charge in [0.25, 0.3) is 23.8 Å². The summed E-state index contributed by atoms with van der Waals surface area (Å²) in [5.74, 6) is -6.13. The Morgan fingerprint density at radius 1 is 0.769 bits per heavy atom. The third kappa shape index (κ3) is 2.03. The molecule has 0 spiro atoms. The van der Waals surface area contributed by atoms with Crippen molar-refractivity contribution in [1.29, 1.82) is 5.26 Å². The molecule has 0 aliphatic heterocycles. The van der Waals surface area contributed by atoms with Crippen molar-refractivity contribution in [2.24, 2.45) is 0 Å². The molecule has 2 aromatic heterocycles. The molecule has 6 nitrogen and oxygen atoms in total. The van der Waals surface area contributed by atoms with Crippen LogP contribution in [-0.4, -0.2) is 19.9 Å². The van der Waals surface area contributed by atoms with E-state index in [4.69, 9.17) is 6.57 Å². The highest BCUT2D eigenvalue weighted by atomic mass is 19.2. The summed E-state index contributed by atoms with van der Waals surface area (Å²) in [4.78, 5) is 16.9. The Bertz CT molecular complexity index is 1250. The summed E-state index contributed by atoms with van der Waals surface area (Å²) in [6, 6.07) is 4.21. The van der Waals surface area contributed by atoms with E-state index in [1.807, 2.05) is 0 Å². The fraction of sp³-hybridized carbons (Fsp3) is 0. The second kappa shape index (κ2) is 5.29. The molecule has 0 amide bonds. The van der Waals surface area contributed by atoms with Crippen molar-refractivity contribution in [1.82, 2.24) is 19.9 Å². The molecule has 0 saturated carbocycles. The Morgan fingerprint density at radius 2 is 1.19 bits per heavy atom. The number of halogens is 4. The number of hydrogen-bond donors (Lipinski definition) is 0. The van der Waals surface area contributed by atoms with E-state index in [1.54, 1.807) is 6.07 Å². The third-order valence-corrected chi connectivity index (χ3v) is 3.74. The molecule has 2 aromatic carbocycles. The quantitative estimate of drug-likeness (QED) is 0.273. The lowest BCUT2D eigenvalue weighted by Gasteiger charge is -2.09. The minimum atomic E-state index is -1.55. The molecule has 0 aliphatic carbocycles. The topological polar surface area (TPSA) is 79.7 Å². The molecule has 0 bridgehead atoms. The Morgan fingerprint density at radius 3 is 1.62 bits per heavy atom. The molecule has 0 unspecified atom stereocenters. The van der Waals surface area contributed by atoms with E-state index in [0.29, 0.717) is 0 Å². The average Bonchev–Trinajstić information content (AvgIpc) is 2.63. The van der Waals surface area contributed by atoms with E-state index in [0.717, 1.165) is 0 Å². The molecular formula is C16H2F4N6. The van der Waals surface area contributed by atoms with Crippen LogP contribution in [0, 0.1) is 41.7 Å². The van der Waals surface area contributed by atoms with Crippen molar-refractivity contribution < 1.29 is 17.6 Å². The Labute approximate surface area is 141 Å². The minimum Gasteiger partial charge on any atom is -0.237 e. The van der Waals surface area contributed by atoms with E-state index in [-0.39, 0.29) is 44.1 Å². The van der Waals surface area contributed by atoms with E-state index in [9.17, 15) is 22.8 Å². The van der Waals surface area contributed by atoms with Crippen LogP contribution in [0.3, 0.4) is 0 Å². The first-order valence-electron chi connectivity index (χ1n) is 6.87. The maximum Gasteiger partial charge on any atom is 0.269 e. The molecule has 26 heavy (non-hydrogen) atoms. The summed E-state index contributed by atoms with van der Waals surface area (Å²) in [6.07, 6.45) is 0. The molecule has 0 fully saturated rings. The summed E-state index contributed by atoms with van der Waals surface area (Å²) in [5.41, 5.74) is -1.28. The summed E-state index contributed by atoms with van der Waals surface area (Å²) >= 11 is 0.